The number of carbonyl (C=O) groups excluding carboxylic acids is 1. The van der Waals surface area contributed by atoms with Crippen molar-refractivity contribution in [3.05, 3.63) is 35.4 Å². The fourth-order valence-electron chi connectivity index (χ4n) is 3.05. The molecule has 2 aromatic rings. The van der Waals surface area contributed by atoms with Crippen molar-refractivity contribution in [2.24, 2.45) is 7.05 Å². The van der Waals surface area contributed by atoms with E-state index in [4.69, 9.17) is 5.11 Å². The predicted octanol–water partition coefficient (Wildman–Crippen LogP) is 1.03. The van der Waals surface area contributed by atoms with Crippen LogP contribution in [-0.4, -0.2) is 54.5 Å². The molecule has 0 aliphatic carbocycles. The molecule has 0 saturated carbocycles. The molecular formula is C16H21N5O3. The van der Waals surface area contributed by atoms with E-state index >= 15 is 0 Å². The number of aryl methyl sites for hydroxylation is 2. The standard InChI is InChI=1S/C16H21N5O3/c1-11-8-14(17-19(11)2)16(24)20-6-3-4-12(9-20)13-5-7-21(18-13)10-15(22)23/h5,7-8,12H,3-4,6,9-10H2,1-2H3,(H,22,23)/t12-/m1/s1. The van der Waals surface area contributed by atoms with Gasteiger partial charge in [-0.3, -0.25) is 19.0 Å². The Morgan fingerprint density at radius 1 is 1.38 bits per heavy atom. The Kier molecular flexibility index (Phi) is 4.37. The van der Waals surface area contributed by atoms with Crippen molar-refractivity contribution in [1.82, 2.24) is 24.5 Å². The topological polar surface area (TPSA) is 93.2 Å². The first kappa shape index (κ1) is 16.2. The SMILES string of the molecule is Cc1cc(C(=O)N2CCC[C@@H](c3ccn(CC(=O)O)n3)C2)nn1C. The number of hydrogen-bond acceptors (Lipinski definition) is 4. The molecule has 24 heavy (non-hydrogen) atoms. The van der Waals surface area contributed by atoms with E-state index in [1.165, 1.54) is 4.68 Å². The van der Waals surface area contributed by atoms with E-state index < -0.39 is 5.97 Å². The van der Waals surface area contributed by atoms with Crippen LogP contribution in [-0.2, 0) is 18.4 Å². The van der Waals surface area contributed by atoms with Crippen LogP contribution in [0.1, 0.15) is 40.6 Å². The quantitative estimate of drug-likeness (QED) is 0.903. The van der Waals surface area contributed by atoms with Gasteiger partial charge in [-0.25, -0.2) is 0 Å². The average Bonchev–Trinajstić information content (AvgIpc) is 3.13. The molecule has 3 rings (SSSR count). The molecule has 1 aliphatic heterocycles. The average molecular weight is 331 g/mol. The normalized spacial score (nSPS) is 17.9. The van der Waals surface area contributed by atoms with E-state index in [-0.39, 0.29) is 18.4 Å². The largest absolute Gasteiger partial charge is 0.480 e. The van der Waals surface area contributed by atoms with Crippen LogP contribution in [0.2, 0.25) is 0 Å². The summed E-state index contributed by atoms with van der Waals surface area (Å²) in [6.07, 6.45) is 3.51. The third-order valence-electron chi connectivity index (χ3n) is 4.42. The second-order valence-electron chi connectivity index (χ2n) is 6.22. The summed E-state index contributed by atoms with van der Waals surface area (Å²) in [5.41, 5.74) is 2.25. The van der Waals surface area contributed by atoms with Crippen LogP contribution in [0.15, 0.2) is 18.3 Å². The Hall–Kier alpha value is -2.64. The van der Waals surface area contributed by atoms with Crippen molar-refractivity contribution in [2.45, 2.75) is 32.2 Å². The minimum atomic E-state index is -0.921. The molecule has 0 bridgehead atoms. The second-order valence-corrected chi connectivity index (χ2v) is 6.22. The van der Waals surface area contributed by atoms with Crippen LogP contribution < -0.4 is 0 Å². The van der Waals surface area contributed by atoms with Gasteiger partial charge in [0.05, 0.1) is 5.69 Å². The lowest BCUT2D eigenvalue weighted by Gasteiger charge is -2.31. The lowest BCUT2D eigenvalue weighted by atomic mass is 9.95. The first-order valence-electron chi connectivity index (χ1n) is 7.99. The molecule has 0 aromatic carbocycles. The third-order valence-corrected chi connectivity index (χ3v) is 4.42. The summed E-state index contributed by atoms with van der Waals surface area (Å²) in [7, 11) is 1.82. The van der Waals surface area contributed by atoms with E-state index in [9.17, 15) is 9.59 Å². The van der Waals surface area contributed by atoms with Crippen LogP contribution in [0.4, 0.5) is 0 Å². The summed E-state index contributed by atoms with van der Waals surface area (Å²) in [6, 6.07) is 3.64. The number of aliphatic carboxylic acids is 1. The molecule has 1 aliphatic rings. The minimum absolute atomic E-state index is 0.0617. The Balaban J connectivity index is 1.70. The van der Waals surface area contributed by atoms with Gasteiger partial charge in [-0.15, -0.1) is 0 Å². The van der Waals surface area contributed by atoms with Crippen molar-refractivity contribution in [1.29, 1.82) is 0 Å². The molecule has 8 nitrogen and oxygen atoms in total. The molecule has 1 amide bonds. The molecular weight excluding hydrogens is 310 g/mol. The fourth-order valence-corrected chi connectivity index (χ4v) is 3.05. The Morgan fingerprint density at radius 2 is 2.17 bits per heavy atom. The van der Waals surface area contributed by atoms with Crippen LogP contribution in [0.5, 0.6) is 0 Å². The van der Waals surface area contributed by atoms with Crippen LogP contribution >= 0.6 is 0 Å². The number of carboxylic acids is 1. The number of piperidine rings is 1. The van der Waals surface area contributed by atoms with Gasteiger partial charge in [0, 0.05) is 37.9 Å². The summed E-state index contributed by atoms with van der Waals surface area (Å²) in [5, 5.41) is 17.4. The minimum Gasteiger partial charge on any atom is -0.480 e. The van der Waals surface area contributed by atoms with Gasteiger partial charge < -0.3 is 10.0 Å². The Labute approximate surface area is 139 Å². The lowest BCUT2D eigenvalue weighted by Crippen LogP contribution is -2.39. The molecule has 8 heteroatoms. The molecule has 0 unspecified atom stereocenters. The third kappa shape index (κ3) is 3.32. The number of carbonyl (C=O) groups is 2. The van der Waals surface area contributed by atoms with Crippen molar-refractivity contribution >= 4 is 11.9 Å². The molecule has 3 heterocycles. The first-order valence-corrected chi connectivity index (χ1v) is 7.99. The summed E-state index contributed by atoms with van der Waals surface area (Å²) in [6.45, 7) is 3.06. The Morgan fingerprint density at radius 3 is 2.83 bits per heavy atom. The summed E-state index contributed by atoms with van der Waals surface area (Å²) >= 11 is 0. The number of nitrogens with zero attached hydrogens (tertiary/aromatic N) is 5. The van der Waals surface area contributed by atoms with E-state index in [0.29, 0.717) is 18.8 Å². The summed E-state index contributed by atoms with van der Waals surface area (Å²) in [5.74, 6) is -0.855. The van der Waals surface area contributed by atoms with Crippen molar-refractivity contribution in [3.8, 4) is 0 Å². The van der Waals surface area contributed by atoms with Crippen molar-refractivity contribution < 1.29 is 14.7 Å². The highest BCUT2D eigenvalue weighted by Gasteiger charge is 2.28. The molecule has 0 radical (unpaired) electrons. The number of rotatable bonds is 4. The zero-order valence-corrected chi connectivity index (χ0v) is 13.8. The molecule has 1 N–H and O–H groups in total. The fraction of sp³-hybridized carbons (Fsp3) is 0.500. The highest BCUT2D eigenvalue weighted by atomic mass is 16.4. The number of carboxylic acid groups (broad SMARTS) is 1. The van der Waals surface area contributed by atoms with Gasteiger partial charge in [-0.05, 0) is 31.9 Å². The molecule has 1 fully saturated rings. The van der Waals surface area contributed by atoms with Crippen LogP contribution in [0.3, 0.4) is 0 Å². The monoisotopic (exact) mass is 331 g/mol. The first-order chi connectivity index (χ1) is 11.4. The molecule has 128 valence electrons. The van der Waals surface area contributed by atoms with E-state index in [1.54, 1.807) is 16.9 Å². The van der Waals surface area contributed by atoms with E-state index in [1.807, 2.05) is 24.9 Å². The zero-order chi connectivity index (χ0) is 17.3. The predicted molar refractivity (Wildman–Crippen MR) is 85.7 cm³/mol. The maximum atomic E-state index is 12.6. The van der Waals surface area contributed by atoms with Crippen molar-refractivity contribution in [3.63, 3.8) is 0 Å². The lowest BCUT2D eigenvalue weighted by molar-refractivity contribution is -0.137. The van der Waals surface area contributed by atoms with Gasteiger partial charge >= 0.3 is 5.97 Å². The summed E-state index contributed by atoms with van der Waals surface area (Å²) < 4.78 is 3.11. The highest BCUT2D eigenvalue weighted by molar-refractivity contribution is 5.92. The van der Waals surface area contributed by atoms with Crippen molar-refractivity contribution in [2.75, 3.05) is 13.1 Å². The van der Waals surface area contributed by atoms with E-state index in [0.717, 1.165) is 24.2 Å². The second kappa shape index (κ2) is 6.46. The maximum absolute atomic E-state index is 12.6. The van der Waals surface area contributed by atoms with Gasteiger partial charge in [0.2, 0.25) is 0 Å². The smallest absolute Gasteiger partial charge is 0.325 e. The van der Waals surface area contributed by atoms with E-state index in [2.05, 4.69) is 10.2 Å². The Bertz CT molecular complexity index is 744. The van der Waals surface area contributed by atoms with Crippen LogP contribution in [0.25, 0.3) is 0 Å². The van der Waals surface area contributed by atoms with Gasteiger partial charge in [-0.2, -0.15) is 10.2 Å². The molecule has 1 saturated heterocycles. The zero-order valence-electron chi connectivity index (χ0n) is 13.8. The summed E-state index contributed by atoms with van der Waals surface area (Å²) in [4.78, 5) is 25.2. The van der Waals surface area contributed by atoms with Gasteiger partial charge in [0.15, 0.2) is 5.69 Å². The molecule has 1 atom stereocenters. The maximum Gasteiger partial charge on any atom is 0.325 e. The van der Waals surface area contributed by atoms with Gasteiger partial charge in [0.25, 0.3) is 5.91 Å². The molecule has 2 aromatic heterocycles. The highest BCUT2D eigenvalue weighted by Crippen LogP contribution is 2.26. The number of likely N-dealkylation sites (tertiary alicyclic amines) is 1. The number of amides is 1. The number of hydrogen-bond donors (Lipinski definition) is 1. The van der Waals surface area contributed by atoms with Crippen LogP contribution in [0, 0.1) is 6.92 Å². The van der Waals surface area contributed by atoms with Gasteiger partial charge in [0.1, 0.15) is 6.54 Å². The van der Waals surface area contributed by atoms with Gasteiger partial charge in [-0.1, -0.05) is 0 Å². The number of aromatic nitrogens is 4. The molecule has 0 spiro atoms.